The molecule has 0 amide bonds. The number of rotatable bonds is 36. The third-order valence-corrected chi connectivity index (χ3v) is 11.9. The monoisotopic (exact) mass is 641 g/mol. The van der Waals surface area contributed by atoms with E-state index >= 15 is 0 Å². The van der Waals surface area contributed by atoms with Gasteiger partial charge in [-0.1, -0.05) is 245 Å². The third kappa shape index (κ3) is 22.0. The zero-order valence-corrected chi connectivity index (χ0v) is 33.2. The smallest absolute Gasteiger partial charge is 0.000615 e. The van der Waals surface area contributed by atoms with Crippen molar-refractivity contribution in [1.82, 2.24) is 0 Å². The minimum Gasteiger partial charge on any atom is -0.0996 e. The van der Waals surface area contributed by atoms with Gasteiger partial charge in [0.05, 0.1) is 0 Å². The summed E-state index contributed by atoms with van der Waals surface area (Å²) in [5.74, 6) is 0.895. The lowest BCUT2D eigenvalue weighted by Gasteiger charge is -2.45. The maximum atomic E-state index is 4.76. The van der Waals surface area contributed by atoms with Crippen molar-refractivity contribution in [3.8, 4) is 0 Å². The van der Waals surface area contributed by atoms with E-state index < -0.39 is 0 Å². The third-order valence-electron chi connectivity index (χ3n) is 11.9. The Kier molecular flexibility index (Phi) is 31.0. The van der Waals surface area contributed by atoms with E-state index in [-0.39, 0.29) is 5.41 Å². The van der Waals surface area contributed by atoms with Crippen LogP contribution in [0, 0.1) is 17.3 Å². The molecule has 3 unspecified atom stereocenters. The predicted molar refractivity (Wildman–Crippen MR) is 214 cm³/mol. The van der Waals surface area contributed by atoms with E-state index in [0.29, 0.717) is 11.8 Å². The summed E-state index contributed by atoms with van der Waals surface area (Å²) in [6.45, 7) is 28.2. The first-order chi connectivity index (χ1) is 22.3. The van der Waals surface area contributed by atoms with Crippen molar-refractivity contribution in [3.63, 3.8) is 0 Å². The number of hydrogen-bond acceptors (Lipinski definition) is 0. The minimum absolute atomic E-state index is 0.0523. The first-order valence-corrected chi connectivity index (χ1v) is 21.3. The van der Waals surface area contributed by atoms with Crippen molar-refractivity contribution >= 4 is 0 Å². The van der Waals surface area contributed by atoms with Crippen LogP contribution in [0.2, 0.25) is 0 Å². The lowest BCUT2D eigenvalue weighted by molar-refractivity contribution is 0.201. The average molecular weight is 641 g/mol. The number of hydrogen-bond donors (Lipinski definition) is 0. The van der Waals surface area contributed by atoms with Gasteiger partial charge in [0.25, 0.3) is 0 Å². The van der Waals surface area contributed by atoms with Crippen LogP contribution in [0.4, 0.5) is 0 Å². The van der Waals surface area contributed by atoms with E-state index in [0.717, 1.165) is 12.8 Å². The largest absolute Gasteiger partial charge is 0.0996 e. The highest BCUT2D eigenvalue weighted by Gasteiger charge is 2.40. The Morgan fingerprint density at radius 1 is 0.391 bits per heavy atom. The van der Waals surface area contributed by atoms with Crippen molar-refractivity contribution < 1.29 is 0 Å². The van der Waals surface area contributed by atoms with Crippen molar-refractivity contribution in [2.75, 3.05) is 0 Å². The van der Waals surface area contributed by atoms with Crippen LogP contribution in [0.3, 0.4) is 0 Å². The van der Waals surface area contributed by atoms with Crippen LogP contribution >= 0.6 is 0 Å². The number of unbranched alkanes of at least 4 members (excludes halogenated alkanes) is 26. The molecule has 0 saturated carbocycles. The molecule has 0 heterocycles. The molecule has 3 atom stereocenters. The van der Waals surface area contributed by atoms with Crippen LogP contribution in [0.25, 0.3) is 0 Å². The Labute approximate surface area is 293 Å². The molecule has 0 rings (SSSR count). The van der Waals surface area contributed by atoms with Gasteiger partial charge in [-0.25, -0.2) is 0 Å². The molecule has 0 N–H and O–H groups in total. The van der Waals surface area contributed by atoms with Gasteiger partial charge >= 0.3 is 0 Å². The van der Waals surface area contributed by atoms with Crippen molar-refractivity contribution in [2.24, 2.45) is 17.3 Å². The normalized spacial score (nSPS) is 14.2. The van der Waals surface area contributed by atoms with Gasteiger partial charge in [-0.3, -0.25) is 0 Å². The van der Waals surface area contributed by atoms with Crippen LogP contribution in [0.1, 0.15) is 241 Å². The average Bonchev–Trinajstić information content (AvgIpc) is 3.06. The lowest BCUT2D eigenvalue weighted by atomic mass is 9.59. The second-order valence-electron chi connectivity index (χ2n) is 15.7. The Bertz CT molecular complexity index is 712. The van der Waals surface area contributed by atoms with Gasteiger partial charge in [0.15, 0.2) is 0 Å². The van der Waals surface area contributed by atoms with Crippen molar-refractivity contribution in [3.05, 3.63) is 36.5 Å². The summed E-state index contributed by atoms with van der Waals surface area (Å²) in [7, 11) is 0. The van der Waals surface area contributed by atoms with E-state index in [1.165, 1.54) is 203 Å². The molecule has 0 aromatic rings. The highest BCUT2D eigenvalue weighted by atomic mass is 14.4. The van der Waals surface area contributed by atoms with Crippen LogP contribution in [-0.4, -0.2) is 0 Å². The summed E-state index contributed by atoms with van der Waals surface area (Å²) in [6.07, 6.45) is 43.0. The molecule has 0 nitrogen and oxygen atoms in total. The first-order valence-electron chi connectivity index (χ1n) is 21.3. The highest BCUT2D eigenvalue weighted by Crippen LogP contribution is 2.49. The molecule has 0 fully saturated rings. The molecule has 0 aliphatic heterocycles. The molecule has 0 heteroatoms. The molecule has 0 bridgehead atoms. The quantitative estimate of drug-likeness (QED) is 0.0472. The second-order valence-corrected chi connectivity index (χ2v) is 15.7. The molecule has 0 aliphatic rings. The Hall–Kier alpha value is -0.780. The van der Waals surface area contributed by atoms with Crippen LogP contribution in [0.15, 0.2) is 36.5 Å². The maximum absolute atomic E-state index is 4.76. The standard InChI is InChI=1S/C46H88/c1-10-13-15-17-19-21-23-25-26-28-30-32-34-36-38-40-43(6)46(9,44(7)41(4)12-3)45(8)42(5)39-37-35-33-31-29-27-24-22-20-18-16-14-11-2/h44-45H,4-6,10-40H2,1-3,7-9H3. The molecule has 0 radical (unpaired) electrons. The van der Waals surface area contributed by atoms with Crippen LogP contribution < -0.4 is 0 Å². The van der Waals surface area contributed by atoms with Gasteiger partial charge in [0.1, 0.15) is 0 Å². The summed E-state index contributed by atoms with van der Waals surface area (Å²) in [5, 5.41) is 0. The van der Waals surface area contributed by atoms with Gasteiger partial charge in [-0.2, -0.15) is 0 Å². The number of allylic oxidation sites excluding steroid dienone is 3. The molecule has 0 spiro atoms. The summed E-state index contributed by atoms with van der Waals surface area (Å²) in [6, 6.07) is 0. The van der Waals surface area contributed by atoms with E-state index in [1.807, 2.05) is 0 Å². The molecular weight excluding hydrogens is 553 g/mol. The fraction of sp³-hybridized carbons (Fsp3) is 0.870. The van der Waals surface area contributed by atoms with Gasteiger partial charge in [0, 0.05) is 5.41 Å². The van der Waals surface area contributed by atoms with E-state index in [2.05, 4.69) is 54.7 Å². The highest BCUT2D eigenvalue weighted by molar-refractivity contribution is 5.24. The Morgan fingerprint density at radius 3 is 0.957 bits per heavy atom. The molecule has 272 valence electrons. The van der Waals surface area contributed by atoms with E-state index in [9.17, 15) is 0 Å². The summed E-state index contributed by atoms with van der Waals surface area (Å²) in [5.41, 5.74) is 4.32. The first kappa shape index (κ1) is 45.2. The van der Waals surface area contributed by atoms with Gasteiger partial charge in [-0.15, -0.1) is 0 Å². The maximum Gasteiger partial charge on any atom is 0.000615 e. The summed E-state index contributed by atoms with van der Waals surface area (Å²) >= 11 is 0. The zero-order chi connectivity index (χ0) is 34.3. The zero-order valence-electron chi connectivity index (χ0n) is 33.2. The fourth-order valence-electron chi connectivity index (χ4n) is 7.71. The van der Waals surface area contributed by atoms with Gasteiger partial charge in [-0.05, 0) is 43.9 Å². The van der Waals surface area contributed by atoms with Crippen LogP contribution in [0.5, 0.6) is 0 Å². The topological polar surface area (TPSA) is 0 Å². The fourth-order valence-corrected chi connectivity index (χ4v) is 7.71. The SMILES string of the molecule is C=C(CC)C(C)C(C)(C(=C)CCCCCCCCCCCCCCCCC)C(C)C(=C)CCCCCCCCCCCCCCC. The predicted octanol–water partition coefficient (Wildman–Crippen LogP) is 17.1. The Balaban J connectivity index is 4.31. The van der Waals surface area contributed by atoms with Crippen LogP contribution in [-0.2, 0) is 0 Å². The molecule has 0 aromatic carbocycles. The van der Waals surface area contributed by atoms with Crippen molar-refractivity contribution in [1.29, 1.82) is 0 Å². The molecule has 0 aliphatic carbocycles. The molecular formula is C46H88. The molecule has 46 heavy (non-hydrogen) atoms. The second kappa shape index (κ2) is 31.5. The van der Waals surface area contributed by atoms with Gasteiger partial charge in [0.2, 0.25) is 0 Å². The van der Waals surface area contributed by atoms with E-state index in [1.54, 1.807) is 0 Å². The minimum atomic E-state index is 0.0523. The van der Waals surface area contributed by atoms with E-state index in [4.69, 9.17) is 6.58 Å². The Morgan fingerprint density at radius 2 is 0.652 bits per heavy atom. The molecule has 0 saturated heterocycles. The summed E-state index contributed by atoms with van der Waals surface area (Å²) < 4.78 is 0. The summed E-state index contributed by atoms with van der Waals surface area (Å²) in [4.78, 5) is 0. The van der Waals surface area contributed by atoms with Crippen molar-refractivity contribution in [2.45, 2.75) is 241 Å². The molecule has 0 aromatic heterocycles. The lowest BCUT2D eigenvalue weighted by Crippen LogP contribution is -2.36. The van der Waals surface area contributed by atoms with Gasteiger partial charge < -0.3 is 0 Å².